The van der Waals surface area contributed by atoms with Crippen LogP contribution in [0.4, 0.5) is 17.1 Å². The molecule has 2 aromatic carbocycles. The molecule has 0 unspecified atom stereocenters. The number of hydrogen-bond donors (Lipinski definition) is 2. The Balaban J connectivity index is 1.73. The first-order valence-corrected chi connectivity index (χ1v) is 10.3. The quantitative estimate of drug-likeness (QED) is 0.273. The fourth-order valence-electron chi connectivity index (χ4n) is 2.98. The standard InChI is InChI=1S/C19H19IN4O4S/c1-12-10-14(20)3-4-15(12)21-19(29)22-18(25)13-2-5-16(17(11-13)24(26)27)23-6-8-28-9-7-23/h2-5,10-11H,6-9H2,1H3,(H2,21,22,25,29). The summed E-state index contributed by atoms with van der Waals surface area (Å²) in [6.07, 6.45) is 0. The number of aryl methyl sites for hydroxylation is 1. The second-order valence-electron chi connectivity index (χ2n) is 6.43. The van der Waals surface area contributed by atoms with E-state index in [4.69, 9.17) is 17.0 Å². The number of benzene rings is 2. The lowest BCUT2D eigenvalue weighted by Crippen LogP contribution is -2.37. The number of thiocarbonyl (C=S) groups is 1. The average molecular weight is 526 g/mol. The molecule has 2 N–H and O–H groups in total. The van der Waals surface area contributed by atoms with E-state index >= 15 is 0 Å². The predicted molar refractivity (Wildman–Crippen MR) is 124 cm³/mol. The van der Waals surface area contributed by atoms with E-state index in [0.29, 0.717) is 32.0 Å². The fourth-order valence-corrected chi connectivity index (χ4v) is 3.83. The third kappa shape index (κ3) is 5.40. The molecule has 1 amide bonds. The normalized spacial score (nSPS) is 13.7. The Morgan fingerprint density at radius 1 is 1.24 bits per heavy atom. The minimum absolute atomic E-state index is 0.119. The zero-order valence-corrected chi connectivity index (χ0v) is 18.6. The molecule has 1 aliphatic heterocycles. The SMILES string of the molecule is Cc1cc(I)ccc1NC(=S)NC(=O)c1ccc(N2CCOCC2)c([N+](=O)[O-])c1. The first-order chi connectivity index (χ1) is 13.8. The Kier molecular flexibility index (Phi) is 6.98. The minimum Gasteiger partial charge on any atom is -0.378 e. The average Bonchev–Trinajstić information content (AvgIpc) is 2.70. The Labute approximate surface area is 186 Å². The van der Waals surface area contributed by atoms with Crippen LogP contribution < -0.4 is 15.5 Å². The van der Waals surface area contributed by atoms with Crippen LogP contribution in [0.2, 0.25) is 0 Å². The lowest BCUT2D eigenvalue weighted by Gasteiger charge is -2.28. The summed E-state index contributed by atoms with van der Waals surface area (Å²) >= 11 is 7.43. The highest BCUT2D eigenvalue weighted by molar-refractivity contribution is 14.1. The van der Waals surface area contributed by atoms with Gasteiger partial charge in [0.1, 0.15) is 5.69 Å². The first-order valence-electron chi connectivity index (χ1n) is 8.85. The number of morpholine rings is 1. The minimum atomic E-state index is -0.512. The van der Waals surface area contributed by atoms with Crippen molar-refractivity contribution >= 4 is 62.9 Å². The molecule has 0 aliphatic carbocycles. The van der Waals surface area contributed by atoms with Gasteiger partial charge in [0.15, 0.2) is 5.11 Å². The van der Waals surface area contributed by atoms with Crippen molar-refractivity contribution in [1.29, 1.82) is 0 Å². The summed E-state index contributed by atoms with van der Waals surface area (Å²) in [5.74, 6) is -0.512. The molecule has 0 bridgehead atoms. The Morgan fingerprint density at radius 3 is 2.62 bits per heavy atom. The van der Waals surface area contributed by atoms with Crippen molar-refractivity contribution in [2.75, 3.05) is 36.5 Å². The highest BCUT2D eigenvalue weighted by atomic mass is 127. The smallest absolute Gasteiger partial charge is 0.293 e. The molecule has 1 saturated heterocycles. The second-order valence-corrected chi connectivity index (χ2v) is 8.08. The van der Waals surface area contributed by atoms with Crippen LogP contribution in [0.15, 0.2) is 36.4 Å². The number of halogens is 1. The third-order valence-corrected chi connectivity index (χ3v) is 5.32. The summed E-state index contributed by atoms with van der Waals surface area (Å²) in [5, 5.41) is 17.2. The number of carbonyl (C=O) groups is 1. The molecule has 0 atom stereocenters. The summed E-state index contributed by atoms with van der Waals surface area (Å²) in [4.78, 5) is 25.5. The van der Waals surface area contributed by atoms with Gasteiger partial charge in [0.05, 0.1) is 18.1 Å². The topological polar surface area (TPSA) is 96.7 Å². The van der Waals surface area contributed by atoms with Crippen LogP contribution in [0, 0.1) is 20.6 Å². The number of carbonyl (C=O) groups excluding carboxylic acids is 1. The van der Waals surface area contributed by atoms with Gasteiger partial charge in [-0.3, -0.25) is 20.2 Å². The van der Waals surface area contributed by atoms with Crippen LogP contribution in [-0.4, -0.2) is 42.2 Å². The largest absolute Gasteiger partial charge is 0.378 e. The molecule has 1 heterocycles. The van der Waals surface area contributed by atoms with E-state index in [1.165, 1.54) is 6.07 Å². The molecule has 0 radical (unpaired) electrons. The zero-order valence-electron chi connectivity index (χ0n) is 15.6. The lowest BCUT2D eigenvalue weighted by atomic mass is 10.1. The molecule has 0 saturated carbocycles. The van der Waals surface area contributed by atoms with Gasteiger partial charge < -0.3 is 15.0 Å². The van der Waals surface area contributed by atoms with Gasteiger partial charge in [-0.1, -0.05) is 0 Å². The first kappa shape index (κ1) is 21.4. The van der Waals surface area contributed by atoms with E-state index in [2.05, 4.69) is 33.2 Å². The van der Waals surface area contributed by atoms with Gasteiger partial charge in [0, 0.05) is 34.0 Å². The van der Waals surface area contributed by atoms with Gasteiger partial charge in [-0.05, 0) is 77.6 Å². The number of anilines is 2. The van der Waals surface area contributed by atoms with E-state index in [1.54, 1.807) is 12.1 Å². The molecule has 0 spiro atoms. The molecule has 0 aromatic heterocycles. The maximum Gasteiger partial charge on any atom is 0.293 e. The van der Waals surface area contributed by atoms with E-state index in [1.807, 2.05) is 30.0 Å². The molecule has 10 heteroatoms. The highest BCUT2D eigenvalue weighted by Gasteiger charge is 2.23. The summed E-state index contributed by atoms with van der Waals surface area (Å²) in [6, 6.07) is 10.2. The fraction of sp³-hybridized carbons (Fsp3) is 0.263. The summed E-state index contributed by atoms with van der Waals surface area (Å²) in [7, 11) is 0. The van der Waals surface area contributed by atoms with Crippen molar-refractivity contribution in [3.8, 4) is 0 Å². The Hall–Kier alpha value is -2.31. The Morgan fingerprint density at radius 2 is 1.97 bits per heavy atom. The predicted octanol–water partition coefficient (Wildman–Crippen LogP) is 3.47. The monoisotopic (exact) mass is 526 g/mol. The van der Waals surface area contributed by atoms with E-state index in [0.717, 1.165) is 14.8 Å². The van der Waals surface area contributed by atoms with Gasteiger partial charge >= 0.3 is 0 Å². The van der Waals surface area contributed by atoms with Crippen molar-refractivity contribution in [2.24, 2.45) is 0 Å². The molecule has 152 valence electrons. The maximum absolute atomic E-state index is 12.6. The highest BCUT2D eigenvalue weighted by Crippen LogP contribution is 2.30. The van der Waals surface area contributed by atoms with Gasteiger partial charge in [-0.2, -0.15) is 0 Å². The number of ether oxygens (including phenoxy) is 1. The molecular weight excluding hydrogens is 507 g/mol. The summed E-state index contributed by atoms with van der Waals surface area (Å²) in [5.41, 5.74) is 2.29. The molecule has 2 aromatic rings. The van der Waals surface area contributed by atoms with Gasteiger partial charge in [-0.15, -0.1) is 0 Å². The van der Waals surface area contributed by atoms with Crippen molar-refractivity contribution in [3.05, 3.63) is 61.2 Å². The van der Waals surface area contributed by atoms with Crippen molar-refractivity contribution in [1.82, 2.24) is 5.32 Å². The van der Waals surface area contributed by atoms with Crippen LogP contribution in [0.25, 0.3) is 0 Å². The van der Waals surface area contributed by atoms with Gasteiger partial charge in [-0.25, -0.2) is 0 Å². The van der Waals surface area contributed by atoms with Crippen LogP contribution in [0.5, 0.6) is 0 Å². The van der Waals surface area contributed by atoms with E-state index in [-0.39, 0.29) is 16.4 Å². The number of nitro groups is 1. The van der Waals surface area contributed by atoms with Gasteiger partial charge in [0.2, 0.25) is 0 Å². The number of amides is 1. The van der Waals surface area contributed by atoms with Crippen LogP contribution >= 0.6 is 34.8 Å². The number of nitrogens with zero attached hydrogens (tertiary/aromatic N) is 2. The summed E-state index contributed by atoms with van der Waals surface area (Å²) in [6.45, 7) is 4.09. The zero-order chi connectivity index (χ0) is 21.0. The van der Waals surface area contributed by atoms with Crippen molar-refractivity contribution in [3.63, 3.8) is 0 Å². The van der Waals surface area contributed by atoms with E-state index in [9.17, 15) is 14.9 Å². The van der Waals surface area contributed by atoms with Crippen LogP contribution in [0.1, 0.15) is 15.9 Å². The van der Waals surface area contributed by atoms with E-state index < -0.39 is 10.8 Å². The molecular formula is C19H19IN4O4S. The van der Waals surface area contributed by atoms with Crippen LogP contribution in [-0.2, 0) is 4.74 Å². The molecule has 1 fully saturated rings. The molecule has 1 aliphatic rings. The van der Waals surface area contributed by atoms with Crippen molar-refractivity contribution < 1.29 is 14.5 Å². The molecule has 3 rings (SSSR count). The maximum atomic E-state index is 12.6. The summed E-state index contributed by atoms with van der Waals surface area (Å²) < 4.78 is 6.38. The second kappa shape index (κ2) is 9.46. The third-order valence-electron chi connectivity index (χ3n) is 4.45. The number of hydrogen-bond acceptors (Lipinski definition) is 6. The number of nitrogens with one attached hydrogen (secondary N) is 2. The van der Waals surface area contributed by atoms with Crippen LogP contribution in [0.3, 0.4) is 0 Å². The molecule has 29 heavy (non-hydrogen) atoms. The lowest BCUT2D eigenvalue weighted by molar-refractivity contribution is -0.384. The number of rotatable bonds is 4. The van der Waals surface area contributed by atoms with Gasteiger partial charge in [0.25, 0.3) is 11.6 Å². The van der Waals surface area contributed by atoms with Crippen molar-refractivity contribution in [2.45, 2.75) is 6.92 Å². The molecule has 8 nitrogen and oxygen atoms in total. The number of nitro benzene ring substituents is 1. The Bertz CT molecular complexity index is 963.